The van der Waals surface area contributed by atoms with E-state index in [1.807, 2.05) is 17.2 Å². The molecule has 0 unspecified atom stereocenters. The molecule has 0 atom stereocenters. The van der Waals surface area contributed by atoms with Crippen LogP contribution in [0, 0.1) is 17.8 Å². The number of aromatic nitrogens is 1. The van der Waals surface area contributed by atoms with Crippen molar-refractivity contribution in [1.29, 1.82) is 0 Å². The molecule has 2 aliphatic carbocycles. The fourth-order valence-electron chi connectivity index (χ4n) is 3.34. The number of anilines is 1. The zero-order chi connectivity index (χ0) is 12.1. The van der Waals surface area contributed by atoms with Crippen molar-refractivity contribution in [1.82, 2.24) is 4.98 Å². The summed E-state index contributed by atoms with van der Waals surface area (Å²) in [6.07, 6.45) is 9.75. The molecular weight excluding hydrogens is 224 g/mol. The van der Waals surface area contributed by atoms with E-state index in [-0.39, 0.29) is 0 Å². The van der Waals surface area contributed by atoms with Crippen LogP contribution in [0.1, 0.15) is 31.2 Å². The quantitative estimate of drug-likeness (QED) is 0.815. The van der Waals surface area contributed by atoms with E-state index in [2.05, 4.69) is 4.98 Å². The maximum absolute atomic E-state index is 12.8. The Morgan fingerprint density at radius 1 is 1.28 bits per heavy atom. The highest BCUT2D eigenvalue weighted by Crippen LogP contribution is 2.50. The van der Waals surface area contributed by atoms with Gasteiger partial charge in [-0.1, -0.05) is 0 Å². The van der Waals surface area contributed by atoms with Crippen LogP contribution in [0.25, 0.3) is 0 Å². The lowest BCUT2D eigenvalue weighted by Gasteiger charge is -2.23. The molecule has 18 heavy (non-hydrogen) atoms. The third-order valence-electron chi connectivity index (χ3n) is 4.58. The van der Waals surface area contributed by atoms with Gasteiger partial charge in [-0.2, -0.15) is 0 Å². The Morgan fingerprint density at radius 2 is 2.00 bits per heavy atom. The minimum atomic E-state index is 0.323. The Kier molecular flexibility index (Phi) is 2.23. The second kappa shape index (κ2) is 3.81. The van der Waals surface area contributed by atoms with Gasteiger partial charge in [0.05, 0.1) is 0 Å². The minimum Gasteiger partial charge on any atom is -0.311 e. The maximum atomic E-state index is 12.8. The topological polar surface area (TPSA) is 33.2 Å². The first-order chi connectivity index (χ1) is 8.84. The van der Waals surface area contributed by atoms with Gasteiger partial charge in [0.1, 0.15) is 0 Å². The van der Waals surface area contributed by atoms with Crippen LogP contribution in [0.3, 0.4) is 0 Å². The highest BCUT2D eigenvalue weighted by Gasteiger charge is 2.47. The first kappa shape index (κ1) is 10.5. The summed E-state index contributed by atoms with van der Waals surface area (Å²) in [5.74, 6) is 2.10. The fourth-order valence-corrected chi connectivity index (χ4v) is 3.34. The number of carbonyl (C=O) groups excluding carboxylic acids is 1. The van der Waals surface area contributed by atoms with E-state index in [0.717, 1.165) is 18.7 Å². The number of amides is 1. The van der Waals surface area contributed by atoms with Gasteiger partial charge in [0.15, 0.2) is 0 Å². The second-order valence-corrected chi connectivity index (χ2v) is 5.94. The molecule has 2 saturated carbocycles. The molecule has 0 saturated heterocycles. The Labute approximate surface area is 107 Å². The number of fused-ring (bicyclic) bond motifs is 1. The lowest BCUT2D eigenvalue weighted by molar-refractivity contribution is -0.123. The van der Waals surface area contributed by atoms with Gasteiger partial charge < -0.3 is 4.90 Å². The summed E-state index contributed by atoms with van der Waals surface area (Å²) in [6.45, 7) is 0.857. The van der Waals surface area contributed by atoms with Crippen molar-refractivity contribution < 1.29 is 4.79 Å². The molecule has 1 aromatic rings. The van der Waals surface area contributed by atoms with E-state index < -0.39 is 0 Å². The number of pyridine rings is 1. The van der Waals surface area contributed by atoms with E-state index in [1.54, 1.807) is 6.20 Å². The summed E-state index contributed by atoms with van der Waals surface area (Å²) < 4.78 is 0. The van der Waals surface area contributed by atoms with Gasteiger partial charge in [0.25, 0.3) is 0 Å². The summed E-state index contributed by atoms with van der Waals surface area (Å²) in [5, 5.41) is 0. The molecule has 1 aromatic heterocycles. The van der Waals surface area contributed by atoms with Crippen LogP contribution in [0.2, 0.25) is 0 Å². The monoisotopic (exact) mass is 242 g/mol. The van der Waals surface area contributed by atoms with Gasteiger partial charge in [-0.3, -0.25) is 9.78 Å². The normalized spacial score (nSPS) is 22.4. The molecule has 0 N–H and O–H groups in total. The number of carbonyl (C=O) groups is 1. The molecule has 94 valence electrons. The zero-order valence-corrected chi connectivity index (χ0v) is 10.5. The van der Waals surface area contributed by atoms with Crippen LogP contribution in [0.4, 0.5) is 5.69 Å². The molecule has 0 radical (unpaired) electrons. The van der Waals surface area contributed by atoms with Gasteiger partial charge in [-0.25, -0.2) is 0 Å². The average Bonchev–Trinajstić information content (AvgIpc) is 3.30. The van der Waals surface area contributed by atoms with Crippen LogP contribution >= 0.6 is 0 Å². The first-order valence-corrected chi connectivity index (χ1v) is 7.09. The number of hydrogen-bond acceptors (Lipinski definition) is 2. The van der Waals surface area contributed by atoms with Crippen molar-refractivity contribution in [2.45, 2.75) is 32.1 Å². The molecule has 4 rings (SSSR count). The SMILES string of the molecule is O=C(C(C1CC1)C1CC1)N1CCc2cnccc21. The molecule has 2 heterocycles. The van der Waals surface area contributed by atoms with Crippen molar-refractivity contribution in [3.05, 3.63) is 24.0 Å². The van der Waals surface area contributed by atoms with E-state index in [4.69, 9.17) is 0 Å². The van der Waals surface area contributed by atoms with E-state index in [9.17, 15) is 4.79 Å². The molecular formula is C15H18N2O. The molecule has 0 aromatic carbocycles. The van der Waals surface area contributed by atoms with Crippen molar-refractivity contribution in [3.63, 3.8) is 0 Å². The first-order valence-electron chi connectivity index (χ1n) is 7.09. The molecule has 3 aliphatic rings. The predicted molar refractivity (Wildman–Crippen MR) is 69.2 cm³/mol. The molecule has 3 nitrogen and oxygen atoms in total. The van der Waals surface area contributed by atoms with Gasteiger partial charge in [0, 0.05) is 30.5 Å². The Morgan fingerprint density at radius 3 is 2.67 bits per heavy atom. The summed E-state index contributed by atoms with van der Waals surface area (Å²) in [7, 11) is 0. The molecule has 1 aliphatic heterocycles. The number of nitrogens with zero attached hydrogens (tertiary/aromatic N) is 2. The fraction of sp³-hybridized carbons (Fsp3) is 0.600. The van der Waals surface area contributed by atoms with Crippen LogP contribution in [0.15, 0.2) is 18.5 Å². The van der Waals surface area contributed by atoms with E-state index >= 15 is 0 Å². The highest BCUT2D eigenvalue weighted by atomic mass is 16.2. The highest BCUT2D eigenvalue weighted by molar-refractivity contribution is 5.97. The largest absolute Gasteiger partial charge is 0.311 e. The van der Waals surface area contributed by atoms with Gasteiger partial charge in [0.2, 0.25) is 5.91 Å². The van der Waals surface area contributed by atoms with Crippen molar-refractivity contribution in [3.8, 4) is 0 Å². The van der Waals surface area contributed by atoms with Crippen LogP contribution in [0.5, 0.6) is 0 Å². The van der Waals surface area contributed by atoms with Crippen molar-refractivity contribution >= 4 is 11.6 Å². The smallest absolute Gasteiger partial charge is 0.230 e. The summed E-state index contributed by atoms with van der Waals surface area (Å²) >= 11 is 0. The van der Waals surface area contributed by atoms with Crippen molar-refractivity contribution in [2.24, 2.45) is 17.8 Å². The van der Waals surface area contributed by atoms with E-state index in [1.165, 1.54) is 31.2 Å². The minimum absolute atomic E-state index is 0.323. The van der Waals surface area contributed by atoms with Gasteiger partial charge in [-0.05, 0) is 55.6 Å². The standard InChI is InChI=1S/C15H18N2O/c18-15(14(10-1-2-10)11-3-4-11)17-8-6-12-9-16-7-5-13(12)17/h5,7,9-11,14H,1-4,6,8H2. The van der Waals surface area contributed by atoms with Crippen molar-refractivity contribution in [2.75, 3.05) is 11.4 Å². The lowest BCUT2D eigenvalue weighted by atomic mass is 9.96. The Bertz CT molecular complexity index is 479. The summed E-state index contributed by atoms with van der Waals surface area (Å²) in [6, 6.07) is 2.00. The predicted octanol–water partition coefficient (Wildman–Crippen LogP) is 2.41. The van der Waals surface area contributed by atoms with Crippen LogP contribution < -0.4 is 4.90 Å². The van der Waals surface area contributed by atoms with Crippen LogP contribution in [-0.2, 0) is 11.2 Å². The molecule has 1 amide bonds. The van der Waals surface area contributed by atoms with Crippen LogP contribution in [-0.4, -0.2) is 17.4 Å². The average molecular weight is 242 g/mol. The Hall–Kier alpha value is -1.38. The third-order valence-corrected chi connectivity index (χ3v) is 4.58. The molecule has 2 fully saturated rings. The second-order valence-electron chi connectivity index (χ2n) is 5.94. The molecule has 0 bridgehead atoms. The summed E-state index contributed by atoms with van der Waals surface area (Å²) in [5.41, 5.74) is 2.34. The van der Waals surface area contributed by atoms with E-state index in [0.29, 0.717) is 23.7 Å². The lowest BCUT2D eigenvalue weighted by Crippen LogP contribution is -2.36. The number of rotatable bonds is 3. The Balaban J connectivity index is 1.61. The molecule has 3 heteroatoms. The maximum Gasteiger partial charge on any atom is 0.230 e. The zero-order valence-electron chi connectivity index (χ0n) is 10.5. The van der Waals surface area contributed by atoms with Gasteiger partial charge >= 0.3 is 0 Å². The van der Waals surface area contributed by atoms with Gasteiger partial charge in [-0.15, -0.1) is 0 Å². The summed E-state index contributed by atoms with van der Waals surface area (Å²) in [4.78, 5) is 19.0. The number of hydrogen-bond donors (Lipinski definition) is 0. The third kappa shape index (κ3) is 1.64. The molecule has 0 spiro atoms.